The van der Waals surface area contributed by atoms with Gasteiger partial charge in [-0.1, -0.05) is 30.3 Å². The van der Waals surface area contributed by atoms with Crippen LogP contribution < -0.4 is 4.74 Å². The SMILES string of the molecule is Cn1ncc2c(SCC(O)COc3ccc4ccccc4c3)ncnc21. The Morgan fingerprint density at radius 3 is 2.88 bits per heavy atom. The zero-order valence-corrected chi connectivity index (χ0v) is 15.1. The summed E-state index contributed by atoms with van der Waals surface area (Å²) in [6, 6.07) is 14.0. The second-order valence-electron chi connectivity index (χ2n) is 5.97. The van der Waals surface area contributed by atoms with E-state index in [1.165, 1.54) is 23.5 Å². The molecule has 0 radical (unpaired) electrons. The number of hydrogen-bond acceptors (Lipinski definition) is 6. The third-order valence-electron chi connectivity index (χ3n) is 4.07. The van der Waals surface area contributed by atoms with Crippen molar-refractivity contribution < 1.29 is 9.84 Å². The number of aromatic nitrogens is 4. The van der Waals surface area contributed by atoms with Gasteiger partial charge in [0.15, 0.2) is 5.65 Å². The second-order valence-corrected chi connectivity index (χ2v) is 6.98. The number of rotatable bonds is 6. The standard InChI is InChI=1S/C19H18N4O2S/c1-23-18-17(9-22-23)19(21-12-20-18)26-11-15(24)10-25-16-7-6-13-4-2-3-5-14(13)8-16/h2-9,12,15,24H,10-11H2,1H3. The van der Waals surface area contributed by atoms with Gasteiger partial charge in [0.2, 0.25) is 0 Å². The van der Waals surface area contributed by atoms with E-state index < -0.39 is 6.10 Å². The van der Waals surface area contributed by atoms with Crippen molar-refractivity contribution in [2.45, 2.75) is 11.1 Å². The summed E-state index contributed by atoms with van der Waals surface area (Å²) in [5, 5.41) is 18.4. The molecule has 1 N–H and O–H groups in total. The molecule has 0 saturated carbocycles. The van der Waals surface area contributed by atoms with Gasteiger partial charge >= 0.3 is 0 Å². The van der Waals surface area contributed by atoms with Crippen molar-refractivity contribution in [2.24, 2.45) is 7.05 Å². The van der Waals surface area contributed by atoms with Crippen LogP contribution in [0.1, 0.15) is 0 Å². The normalized spacial score (nSPS) is 12.5. The number of nitrogens with zero attached hydrogens (tertiary/aromatic N) is 4. The van der Waals surface area contributed by atoms with Crippen LogP contribution in [0.2, 0.25) is 0 Å². The highest BCUT2D eigenvalue weighted by Crippen LogP contribution is 2.25. The average Bonchev–Trinajstić information content (AvgIpc) is 3.06. The van der Waals surface area contributed by atoms with Gasteiger partial charge in [-0.05, 0) is 22.9 Å². The summed E-state index contributed by atoms with van der Waals surface area (Å²) >= 11 is 1.47. The van der Waals surface area contributed by atoms with Gasteiger partial charge in [-0.3, -0.25) is 4.68 Å². The van der Waals surface area contributed by atoms with E-state index in [2.05, 4.69) is 21.1 Å². The van der Waals surface area contributed by atoms with Crippen LogP contribution in [-0.2, 0) is 7.05 Å². The number of fused-ring (bicyclic) bond motifs is 2. The van der Waals surface area contributed by atoms with Crippen molar-refractivity contribution in [2.75, 3.05) is 12.4 Å². The lowest BCUT2D eigenvalue weighted by Gasteiger charge is -2.12. The molecule has 0 bridgehead atoms. The molecule has 0 fully saturated rings. The van der Waals surface area contributed by atoms with E-state index in [1.54, 1.807) is 10.9 Å². The van der Waals surface area contributed by atoms with Crippen molar-refractivity contribution in [3.8, 4) is 5.75 Å². The summed E-state index contributed by atoms with van der Waals surface area (Å²) < 4.78 is 7.45. The molecule has 0 amide bonds. The van der Waals surface area contributed by atoms with E-state index in [0.717, 1.165) is 27.2 Å². The second kappa shape index (κ2) is 7.31. The molecular weight excluding hydrogens is 348 g/mol. The number of thioether (sulfide) groups is 1. The van der Waals surface area contributed by atoms with Crippen molar-refractivity contribution >= 4 is 33.6 Å². The number of hydrogen-bond donors (Lipinski definition) is 1. The summed E-state index contributed by atoms with van der Waals surface area (Å²) in [5.41, 5.74) is 0.782. The maximum absolute atomic E-state index is 10.3. The van der Waals surface area contributed by atoms with Gasteiger partial charge in [0.25, 0.3) is 0 Å². The number of aliphatic hydroxyl groups is 1. The molecular formula is C19H18N4O2S. The van der Waals surface area contributed by atoms with Crippen LogP contribution in [0.4, 0.5) is 0 Å². The Balaban J connectivity index is 1.36. The lowest BCUT2D eigenvalue weighted by Crippen LogP contribution is -2.20. The van der Waals surface area contributed by atoms with Crippen molar-refractivity contribution in [3.63, 3.8) is 0 Å². The minimum atomic E-state index is -0.604. The first-order valence-electron chi connectivity index (χ1n) is 8.26. The Morgan fingerprint density at radius 1 is 1.15 bits per heavy atom. The smallest absolute Gasteiger partial charge is 0.162 e. The van der Waals surface area contributed by atoms with Gasteiger partial charge in [0.1, 0.15) is 23.7 Å². The number of aryl methyl sites for hydroxylation is 1. The molecule has 0 aliphatic heterocycles. The Morgan fingerprint density at radius 2 is 2.00 bits per heavy atom. The van der Waals surface area contributed by atoms with E-state index in [1.807, 2.05) is 43.4 Å². The fourth-order valence-electron chi connectivity index (χ4n) is 2.73. The highest BCUT2D eigenvalue weighted by atomic mass is 32.2. The lowest BCUT2D eigenvalue weighted by molar-refractivity contribution is 0.126. The molecule has 0 saturated heterocycles. The predicted molar refractivity (Wildman–Crippen MR) is 102 cm³/mol. The van der Waals surface area contributed by atoms with Gasteiger partial charge in [-0.15, -0.1) is 11.8 Å². The van der Waals surface area contributed by atoms with Crippen LogP contribution in [0.5, 0.6) is 5.75 Å². The van der Waals surface area contributed by atoms with Crippen LogP contribution in [0.3, 0.4) is 0 Å². The largest absolute Gasteiger partial charge is 0.491 e. The Hall–Kier alpha value is -2.64. The van der Waals surface area contributed by atoms with E-state index in [9.17, 15) is 5.11 Å². The topological polar surface area (TPSA) is 73.1 Å². The summed E-state index contributed by atoms with van der Waals surface area (Å²) in [5.74, 6) is 1.23. The minimum Gasteiger partial charge on any atom is -0.491 e. The molecule has 7 heteroatoms. The van der Waals surface area contributed by atoms with Crippen LogP contribution in [0.25, 0.3) is 21.8 Å². The quantitative estimate of drug-likeness (QED) is 0.418. The molecule has 0 aliphatic rings. The Kier molecular flexibility index (Phi) is 4.73. The molecule has 0 spiro atoms. The summed E-state index contributed by atoms with van der Waals surface area (Å²) in [7, 11) is 1.84. The first-order chi connectivity index (χ1) is 12.7. The third-order valence-corrected chi connectivity index (χ3v) is 5.22. The summed E-state index contributed by atoms with van der Waals surface area (Å²) in [6.45, 7) is 0.229. The maximum atomic E-state index is 10.3. The molecule has 4 aromatic rings. The van der Waals surface area contributed by atoms with Crippen molar-refractivity contribution in [1.82, 2.24) is 19.7 Å². The van der Waals surface area contributed by atoms with Gasteiger partial charge in [0.05, 0.1) is 17.7 Å². The number of aliphatic hydroxyl groups excluding tert-OH is 1. The Bertz CT molecular complexity index is 1050. The average molecular weight is 366 g/mol. The predicted octanol–water partition coefficient (Wildman–Crippen LogP) is 3.05. The van der Waals surface area contributed by atoms with Crippen LogP contribution in [0.15, 0.2) is 60.0 Å². The zero-order chi connectivity index (χ0) is 17.9. The van der Waals surface area contributed by atoms with Crippen LogP contribution in [0, 0.1) is 0 Å². The minimum absolute atomic E-state index is 0.229. The van der Waals surface area contributed by atoms with Gasteiger partial charge in [-0.2, -0.15) is 5.10 Å². The molecule has 2 aromatic carbocycles. The molecule has 0 aliphatic carbocycles. The van der Waals surface area contributed by atoms with Crippen LogP contribution in [-0.4, -0.2) is 43.3 Å². The monoisotopic (exact) mass is 366 g/mol. The number of benzene rings is 2. The summed E-state index contributed by atoms with van der Waals surface area (Å²) in [4.78, 5) is 8.51. The van der Waals surface area contributed by atoms with E-state index in [0.29, 0.717) is 5.75 Å². The fourth-order valence-corrected chi connectivity index (χ4v) is 3.60. The fraction of sp³-hybridized carbons (Fsp3) is 0.211. The molecule has 6 nitrogen and oxygen atoms in total. The first-order valence-corrected chi connectivity index (χ1v) is 9.24. The summed E-state index contributed by atoms with van der Waals surface area (Å²) in [6.07, 6.45) is 2.66. The van der Waals surface area contributed by atoms with Crippen molar-refractivity contribution in [1.29, 1.82) is 0 Å². The van der Waals surface area contributed by atoms with E-state index in [-0.39, 0.29) is 6.61 Å². The molecule has 1 atom stereocenters. The lowest BCUT2D eigenvalue weighted by atomic mass is 10.1. The third kappa shape index (κ3) is 3.49. The van der Waals surface area contributed by atoms with Gasteiger partial charge in [-0.25, -0.2) is 9.97 Å². The molecule has 132 valence electrons. The van der Waals surface area contributed by atoms with Gasteiger partial charge < -0.3 is 9.84 Å². The van der Waals surface area contributed by atoms with Crippen LogP contribution >= 0.6 is 11.8 Å². The molecule has 2 heterocycles. The molecule has 4 rings (SSSR count). The van der Waals surface area contributed by atoms with Gasteiger partial charge in [0, 0.05) is 12.8 Å². The maximum Gasteiger partial charge on any atom is 0.162 e. The zero-order valence-electron chi connectivity index (χ0n) is 14.2. The first kappa shape index (κ1) is 16.8. The molecule has 1 unspecified atom stereocenters. The highest BCUT2D eigenvalue weighted by Gasteiger charge is 2.12. The van der Waals surface area contributed by atoms with E-state index >= 15 is 0 Å². The molecule has 26 heavy (non-hydrogen) atoms. The van der Waals surface area contributed by atoms with Crippen molar-refractivity contribution in [3.05, 3.63) is 55.0 Å². The number of ether oxygens (including phenoxy) is 1. The van der Waals surface area contributed by atoms with E-state index in [4.69, 9.17) is 4.74 Å². The molecule has 2 aromatic heterocycles. The highest BCUT2D eigenvalue weighted by molar-refractivity contribution is 7.99. The Labute approximate surface area is 154 Å².